The van der Waals surface area contributed by atoms with Gasteiger partial charge in [0.15, 0.2) is 29.0 Å². The molecule has 1 heterocycles. The largest absolute Gasteiger partial charge is 0.494 e. The number of aromatic amines is 1. The van der Waals surface area contributed by atoms with E-state index in [1.54, 1.807) is 12.1 Å². The monoisotopic (exact) mass is 1360 g/mol. The number of rotatable bonds is 44. The molecule has 0 spiro atoms. The first kappa shape index (κ1) is 79.0. The Morgan fingerprint density at radius 3 is 2.01 bits per heavy atom. The molecule has 0 unspecified atom stereocenters. The third-order valence-electron chi connectivity index (χ3n) is 16.7. The standard InChI is InChI=1S/C69H90FN13O15/c1-7-45-31-50(98-26-11-10-25-74-81-73)21-22-51(45)46-19-17-43(18-20-46)30-48(66(95)75-54(65(72)94)16-12-13-44-28-39(2)27-40(3)29-44)32-57(88)55(35-62(92)93)76-67(96)49(38-84)33-58(89)63(41(4)85)78-68(97)69(6,36-47-14-8-9-15-52(47)70)37-59(90)64(42(5)86)77-61(91)24-23-56(87)53(71)34-60-79-82-83-80-60/h8-9,14-15,17-22,27-29,31,41-42,48-49,53-55,63-64,84-86H,7,10-13,16,23-26,30,32-38,71H2,1-6H3,(H2,72,94)(H,75,95)(H,76,96)(H,77,91)(H,78,97)(H,92,93)(H,79,80,82,83)/t41-,42-,48-,49+,53+,54+,55+,63+,64+,69-/m1/s1. The molecule has 0 fully saturated rings. The van der Waals surface area contributed by atoms with Crippen molar-refractivity contribution in [3.05, 3.63) is 140 Å². The number of nitrogens with zero attached hydrogens (tertiary/aromatic N) is 6. The third-order valence-corrected chi connectivity index (χ3v) is 16.7. The molecule has 528 valence electrons. The second-order valence-corrected chi connectivity index (χ2v) is 25.1. The molecular formula is C69H90FN13O15. The second kappa shape index (κ2) is 38.9. The van der Waals surface area contributed by atoms with Crippen LogP contribution in [0, 0.1) is 36.9 Å². The molecule has 10 atom stereocenters. The molecule has 28 nitrogen and oxygen atoms in total. The molecule has 0 aliphatic rings. The maximum Gasteiger partial charge on any atom is 0.305 e. The molecule has 29 heteroatoms. The summed E-state index contributed by atoms with van der Waals surface area (Å²) in [4.78, 5) is 140. The Bertz CT molecular complexity index is 3600. The lowest BCUT2D eigenvalue weighted by atomic mass is 9.76. The molecular weight excluding hydrogens is 1270 g/mol. The van der Waals surface area contributed by atoms with Crippen molar-refractivity contribution < 1.29 is 77.5 Å². The number of aliphatic carboxylic acids is 1. The minimum atomic E-state index is -2.03. The zero-order valence-corrected chi connectivity index (χ0v) is 56.0. The first-order chi connectivity index (χ1) is 46.5. The summed E-state index contributed by atoms with van der Waals surface area (Å²) in [5.74, 6) is -13.0. The number of carboxylic acids is 1. The van der Waals surface area contributed by atoms with Crippen molar-refractivity contribution in [1.82, 2.24) is 41.9 Å². The summed E-state index contributed by atoms with van der Waals surface area (Å²) >= 11 is 0. The van der Waals surface area contributed by atoms with Gasteiger partial charge in [0.05, 0.1) is 55.3 Å². The topological polar surface area (TPSA) is 464 Å². The summed E-state index contributed by atoms with van der Waals surface area (Å²) in [5.41, 5.74) is 24.6. The fraction of sp³-hybridized carbons (Fsp3) is 0.493. The number of amides is 5. The number of nitrogens with two attached hydrogens (primary N) is 2. The van der Waals surface area contributed by atoms with Crippen molar-refractivity contribution in [2.24, 2.45) is 33.8 Å². The lowest BCUT2D eigenvalue weighted by Crippen LogP contribution is -2.55. The van der Waals surface area contributed by atoms with Gasteiger partial charge in [0, 0.05) is 55.9 Å². The highest BCUT2D eigenvalue weighted by Gasteiger charge is 2.43. The van der Waals surface area contributed by atoms with Crippen LogP contribution >= 0.6 is 0 Å². The van der Waals surface area contributed by atoms with Crippen LogP contribution in [0.25, 0.3) is 21.6 Å². The molecule has 0 bridgehead atoms. The van der Waals surface area contributed by atoms with Crippen molar-refractivity contribution in [1.29, 1.82) is 0 Å². The van der Waals surface area contributed by atoms with Crippen LogP contribution in [-0.2, 0) is 80.0 Å². The Hall–Kier alpha value is -9.67. The van der Waals surface area contributed by atoms with Gasteiger partial charge in [-0.15, -0.1) is 10.2 Å². The Balaban J connectivity index is 1.35. The van der Waals surface area contributed by atoms with Crippen molar-refractivity contribution in [3.8, 4) is 16.9 Å². The van der Waals surface area contributed by atoms with Gasteiger partial charge in [0.25, 0.3) is 0 Å². The number of azide groups is 1. The number of aromatic nitrogens is 4. The summed E-state index contributed by atoms with van der Waals surface area (Å²) in [7, 11) is 0. The molecule has 0 aliphatic heterocycles. The van der Waals surface area contributed by atoms with Crippen molar-refractivity contribution in [2.45, 2.75) is 180 Å². The predicted octanol–water partition coefficient (Wildman–Crippen LogP) is 4.15. The molecule has 0 saturated carbocycles. The summed E-state index contributed by atoms with van der Waals surface area (Å²) in [6.45, 7) is 9.11. The molecule has 98 heavy (non-hydrogen) atoms. The summed E-state index contributed by atoms with van der Waals surface area (Å²) < 4.78 is 21.3. The maximum absolute atomic E-state index is 15.4. The number of benzene rings is 4. The number of hydrogen-bond donors (Lipinski definition) is 11. The van der Waals surface area contributed by atoms with E-state index in [-0.39, 0.29) is 37.1 Å². The molecule has 13 N–H and O–H groups in total. The number of halogens is 1. The molecule has 0 aliphatic carbocycles. The maximum atomic E-state index is 15.4. The number of H-pyrrole nitrogens is 1. The van der Waals surface area contributed by atoms with Gasteiger partial charge in [-0.25, -0.2) is 4.39 Å². The molecule has 4 aromatic carbocycles. The van der Waals surface area contributed by atoms with E-state index in [9.17, 15) is 68.4 Å². The van der Waals surface area contributed by atoms with Crippen LogP contribution in [0.3, 0.4) is 0 Å². The average molecular weight is 1360 g/mol. The van der Waals surface area contributed by atoms with Gasteiger partial charge in [-0.3, -0.25) is 47.9 Å². The van der Waals surface area contributed by atoms with Gasteiger partial charge < -0.3 is 57.9 Å². The fourth-order valence-corrected chi connectivity index (χ4v) is 11.4. The van der Waals surface area contributed by atoms with E-state index in [2.05, 4.69) is 51.9 Å². The van der Waals surface area contributed by atoms with Crippen LogP contribution in [-0.4, -0.2) is 162 Å². The number of carbonyl (C=O) groups excluding carboxylic acids is 9. The van der Waals surface area contributed by atoms with Gasteiger partial charge in [-0.2, -0.15) is 5.21 Å². The number of tetrazole rings is 1. The predicted molar refractivity (Wildman–Crippen MR) is 356 cm³/mol. The van der Waals surface area contributed by atoms with Gasteiger partial charge in [0.1, 0.15) is 29.7 Å². The SMILES string of the molecule is CCc1cc(OCCCCN=[N+]=[N-])ccc1-c1ccc(C[C@H](CC(=O)[C@H](CC(=O)O)NC(=O)[C@H](CO)CC(=O)[C@@H](NC(=O)[C@@](C)(CC(=O)[C@@H](NC(=O)CCC(=O)[C@@H](N)Cc2nn[nH]n2)[C@@H](C)O)Cc2ccccc2F)[C@@H](C)O)C(=O)N[C@@H](CCCc2cc(C)cc(C)c2)C(N)=O)cc1. The highest BCUT2D eigenvalue weighted by molar-refractivity contribution is 5.99. The van der Waals surface area contributed by atoms with Crippen molar-refractivity contribution in [2.75, 3.05) is 19.8 Å². The number of hydrogen-bond acceptors (Lipinski definition) is 19. The number of aryl methyl sites for hydroxylation is 4. The highest BCUT2D eigenvalue weighted by Crippen LogP contribution is 2.32. The summed E-state index contributed by atoms with van der Waals surface area (Å²) in [6, 6.07) is 16.4. The lowest BCUT2D eigenvalue weighted by Gasteiger charge is -2.33. The van der Waals surface area contributed by atoms with Crippen LogP contribution in [0.1, 0.15) is 131 Å². The van der Waals surface area contributed by atoms with Gasteiger partial charge in [-0.05, 0) is 136 Å². The fourth-order valence-electron chi connectivity index (χ4n) is 11.4. The molecule has 1 aromatic heterocycles. The van der Waals surface area contributed by atoms with Crippen LogP contribution in [0.2, 0.25) is 0 Å². The Labute approximate surface area is 567 Å². The number of aliphatic hydroxyl groups is 3. The van der Waals surface area contributed by atoms with E-state index in [1.807, 2.05) is 69.3 Å². The minimum Gasteiger partial charge on any atom is -0.494 e. The third kappa shape index (κ3) is 25.1. The molecule has 5 rings (SSSR count). The first-order valence-electron chi connectivity index (χ1n) is 32.5. The van der Waals surface area contributed by atoms with E-state index >= 15 is 4.39 Å². The highest BCUT2D eigenvalue weighted by atomic mass is 19.1. The normalized spacial score (nSPS) is 14.6. The smallest absolute Gasteiger partial charge is 0.305 e. The van der Waals surface area contributed by atoms with Crippen LogP contribution in [0.4, 0.5) is 4.39 Å². The Morgan fingerprint density at radius 2 is 1.40 bits per heavy atom. The van der Waals surface area contributed by atoms with Gasteiger partial charge >= 0.3 is 5.97 Å². The number of primary amides is 1. The van der Waals surface area contributed by atoms with E-state index < -0.39 is 169 Å². The second-order valence-electron chi connectivity index (χ2n) is 25.1. The minimum absolute atomic E-state index is 0.0752. The first-order valence-corrected chi connectivity index (χ1v) is 32.5. The quantitative estimate of drug-likeness (QED) is 0.0113. The number of unbranched alkanes of at least 4 members (excludes halogenated alkanes) is 1. The van der Waals surface area contributed by atoms with Crippen molar-refractivity contribution >= 4 is 58.6 Å². The van der Waals surface area contributed by atoms with Gasteiger partial charge in [-0.1, -0.05) is 102 Å². The summed E-state index contributed by atoms with van der Waals surface area (Å²) in [5, 5.41) is 69.0. The van der Waals surface area contributed by atoms with Crippen molar-refractivity contribution in [3.63, 3.8) is 0 Å². The Kier molecular flexibility index (Phi) is 31.4. The Morgan fingerprint density at radius 1 is 0.745 bits per heavy atom. The van der Waals surface area contributed by atoms with Gasteiger partial charge in [0.2, 0.25) is 29.5 Å². The number of carboxylic acid groups (broad SMARTS) is 1. The summed E-state index contributed by atoms with van der Waals surface area (Å²) in [6.07, 6.45) is -5.38. The molecule has 5 aromatic rings. The van der Waals surface area contributed by atoms with E-state index in [4.69, 9.17) is 21.7 Å². The van der Waals surface area contributed by atoms with Crippen LogP contribution in [0.15, 0.2) is 90.0 Å². The zero-order valence-electron chi connectivity index (χ0n) is 56.0. The number of carbonyl (C=O) groups is 10. The number of Topliss-reactive ketones (excluding diaryl/α,β-unsaturated/α-hetero) is 4. The number of nitrogens with one attached hydrogen (secondary N) is 5. The van der Waals surface area contributed by atoms with E-state index in [1.165, 1.54) is 32.0 Å². The van der Waals surface area contributed by atoms with E-state index in [0.29, 0.717) is 56.6 Å². The molecule has 5 amide bonds. The van der Waals surface area contributed by atoms with E-state index in [0.717, 1.165) is 46.4 Å². The van der Waals surface area contributed by atoms with Crippen LogP contribution < -0.4 is 37.5 Å². The molecule has 0 saturated heterocycles. The average Bonchev–Trinajstić information content (AvgIpc) is 0.977. The number of aliphatic hydroxyl groups excluding tert-OH is 3. The lowest BCUT2D eigenvalue weighted by molar-refractivity contribution is -0.142. The van der Waals surface area contributed by atoms with Crippen LogP contribution in [0.5, 0.6) is 5.75 Å². The molecule has 0 radical (unpaired) electrons. The zero-order chi connectivity index (χ0) is 72.2. The number of ether oxygens (including phenoxy) is 1. The number of ketones is 4.